The number of nitrogens with one attached hydrogen (secondary N) is 1. The van der Waals surface area contributed by atoms with Gasteiger partial charge < -0.3 is 9.88 Å². The summed E-state index contributed by atoms with van der Waals surface area (Å²) >= 11 is 0. The zero-order chi connectivity index (χ0) is 11.9. The van der Waals surface area contributed by atoms with Crippen molar-refractivity contribution >= 4 is 10.9 Å². The predicted octanol–water partition coefficient (Wildman–Crippen LogP) is 3.51. The molecule has 0 bridgehead atoms. The molecule has 1 aromatic heterocycles. The first kappa shape index (κ1) is 10.6. The molecule has 2 aromatic rings. The van der Waals surface area contributed by atoms with Crippen LogP contribution in [0.1, 0.15) is 37.2 Å². The summed E-state index contributed by atoms with van der Waals surface area (Å²) in [6.45, 7) is 2.64. The number of fused-ring (bicyclic) bond motifs is 2. The number of nitrogens with zero attached hydrogens (tertiary/aromatic N) is 1. The van der Waals surface area contributed by atoms with E-state index < -0.39 is 0 Å². The Kier molecular flexibility index (Phi) is 2.44. The van der Waals surface area contributed by atoms with Gasteiger partial charge in [0.15, 0.2) is 0 Å². The van der Waals surface area contributed by atoms with E-state index >= 15 is 0 Å². The van der Waals surface area contributed by atoms with E-state index in [4.69, 9.17) is 0 Å². The van der Waals surface area contributed by atoms with Crippen molar-refractivity contribution in [2.75, 3.05) is 13.1 Å². The Morgan fingerprint density at radius 1 is 1.11 bits per heavy atom. The highest BCUT2D eigenvalue weighted by Crippen LogP contribution is 2.36. The second-order valence-electron chi connectivity index (χ2n) is 5.88. The Morgan fingerprint density at radius 3 is 3.11 bits per heavy atom. The van der Waals surface area contributed by atoms with E-state index in [0.29, 0.717) is 0 Å². The van der Waals surface area contributed by atoms with Crippen molar-refractivity contribution in [2.24, 2.45) is 0 Å². The molecule has 0 spiro atoms. The fourth-order valence-corrected chi connectivity index (χ4v) is 3.85. The molecule has 0 amide bonds. The average Bonchev–Trinajstić information content (AvgIpc) is 3.05. The highest BCUT2D eigenvalue weighted by Gasteiger charge is 2.32. The normalized spacial score (nSPS) is 28.7. The zero-order valence-corrected chi connectivity index (χ0v) is 10.7. The number of piperidine rings is 1. The molecule has 2 aliphatic heterocycles. The Labute approximate surface area is 108 Å². The van der Waals surface area contributed by atoms with Crippen LogP contribution in [0.5, 0.6) is 0 Å². The molecule has 94 valence electrons. The summed E-state index contributed by atoms with van der Waals surface area (Å²) in [6.07, 6.45) is 7.57. The summed E-state index contributed by atoms with van der Waals surface area (Å²) in [4.78, 5) is 6.03. The molecular formula is C16H20N2. The third-order valence-electron chi connectivity index (χ3n) is 4.87. The lowest BCUT2D eigenvalue weighted by Gasteiger charge is -2.35. The topological polar surface area (TPSA) is 19.0 Å². The molecule has 2 nitrogen and oxygen atoms in total. The van der Waals surface area contributed by atoms with Crippen LogP contribution in [0.3, 0.4) is 0 Å². The molecule has 2 atom stereocenters. The van der Waals surface area contributed by atoms with Crippen LogP contribution in [-0.2, 0) is 0 Å². The molecule has 2 unspecified atom stereocenters. The lowest BCUT2D eigenvalue weighted by atomic mass is 9.85. The van der Waals surface area contributed by atoms with Crippen LogP contribution in [0.4, 0.5) is 0 Å². The zero-order valence-electron chi connectivity index (χ0n) is 10.7. The van der Waals surface area contributed by atoms with Crippen molar-refractivity contribution in [3.63, 3.8) is 0 Å². The van der Waals surface area contributed by atoms with Crippen molar-refractivity contribution in [2.45, 2.75) is 37.6 Å². The third-order valence-corrected chi connectivity index (χ3v) is 4.87. The molecule has 2 saturated heterocycles. The van der Waals surface area contributed by atoms with Gasteiger partial charge in [0.1, 0.15) is 0 Å². The largest absolute Gasteiger partial charge is 0.361 e. The first-order valence-corrected chi connectivity index (χ1v) is 7.21. The molecule has 3 heterocycles. The number of H-pyrrole nitrogens is 1. The Morgan fingerprint density at radius 2 is 2.11 bits per heavy atom. The van der Waals surface area contributed by atoms with Crippen molar-refractivity contribution in [1.29, 1.82) is 0 Å². The van der Waals surface area contributed by atoms with Crippen LogP contribution in [0, 0.1) is 0 Å². The number of hydrogen-bond acceptors (Lipinski definition) is 1. The van der Waals surface area contributed by atoms with Gasteiger partial charge in [-0.1, -0.05) is 12.1 Å². The molecule has 1 N–H and O–H groups in total. The van der Waals surface area contributed by atoms with Crippen LogP contribution in [-0.4, -0.2) is 29.0 Å². The average molecular weight is 240 g/mol. The summed E-state index contributed by atoms with van der Waals surface area (Å²) in [5.41, 5.74) is 2.83. The maximum absolute atomic E-state index is 3.33. The van der Waals surface area contributed by atoms with Crippen LogP contribution >= 0.6 is 0 Å². The van der Waals surface area contributed by atoms with E-state index in [2.05, 4.69) is 34.1 Å². The number of hydrogen-bond donors (Lipinski definition) is 1. The Balaban J connectivity index is 1.62. The molecule has 4 rings (SSSR count). The number of aromatic amines is 1. The van der Waals surface area contributed by atoms with Gasteiger partial charge in [0.05, 0.1) is 0 Å². The van der Waals surface area contributed by atoms with E-state index in [1.807, 2.05) is 6.20 Å². The number of aromatic nitrogens is 1. The lowest BCUT2D eigenvalue weighted by Crippen LogP contribution is -2.37. The van der Waals surface area contributed by atoms with Gasteiger partial charge in [-0.3, -0.25) is 0 Å². The van der Waals surface area contributed by atoms with E-state index in [9.17, 15) is 0 Å². The van der Waals surface area contributed by atoms with Gasteiger partial charge in [-0.25, -0.2) is 0 Å². The Bertz CT molecular complexity index is 557. The van der Waals surface area contributed by atoms with Gasteiger partial charge in [0, 0.05) is 17.8 Å². The molecule has 0 aliphatic carbocycles. The summed E-state index contributed by atoms with van der Waals surface area (Å²) in [5, 5.41) is 1.33. The molecular weight excluding hydrogens is 220 g/mol. The van der Waals surface area contributed by atoms with Gasteiger partial charge in [-0.2, -0.15) is 0 Å². The number of rotatable bonds is 1. The highest BCUT2D eigenvalue weighted by molar-refractivity contribution is 5.80. The maximum atomic E-state index is 3.33. The van der Waals surface area contributed by atoms with Crippen molar-refractivity contribution in [1.82, 2.24) is 9.88 Å². The standard InChI is InChI=1S/C16H20N2/c1-2-15-10-14(6-9-18(15)8-1)13-4-3-12-5-7-17-16(12)11-13/h3-5,7,11,14-15,17H,1-2,6,8-10H2. The van der Waals surface area contributed by atoms with Gasteiger partial charge >= 0.3 is 0 Å². The number of benzene rings is 1. The molecule has 18 heavy (non-hydrogen) atoms. The van der Waals surface area contributed by atoms with Gasteiger partial charge in [-0.15, -0.1) is 0 Å². The van der Waals surface area contributed by atoms with Crippen molar-refractivity contribution in [3.8, 4) is 0 Å². The van der Waals surface area contributed by atoms with Gasteiger partial charge in [-0.05, 0) is 67.8 Å². The second-order valence-corrected chi connectivity index (χ2v) is 5.88. The molecule has 1 aromatic carbocycles. The summed E-state index contributed by atoms with van der Waals surface area (Å²) in [5.74, 6) is 0.775. The minimum Gasteiger partial charge on any atom is -0.361 e. The fraction of sp³-hybridized carbons (Fsp3) is 0.500. The second kappa shape index (κ2) is 4.13. The maximum Gasteiger partial charge on any atom is 0.0456 e. The summed E-state index contributed by atoms with van der Waals surface area (Å²) < 4.78 is 0. The molecule has 2 fully saturated rings. The van der Waals surface area contributed by atoms with E-state index in [0.717, 1.165) is 12.0 Å². The van der Waals surface area contributed by atoms with Gasteiger partial charge in [0.2, 0.25) is 0 Å². The van der Waals surface area contributed by atoms with Crippen LogP contribution < -0.4 is 0 Å². The Hall–Kier alpha value is -1.28. The van der Waals surface area contributed by atoms with Crippen molar-refractivity contribution < 1.29 is 0 Å². The van der Waals surface area contributed by atoms with Crippen LogP contribution in [0.15, 0.2) is 30.5 Å². The highest BCUT2D eigenvalue weighted by atomic mass is 15.2. The minimum absolute atomic E-state index is 0.775. The van der Waals surface area contributed by atoms with E-state index in [1.54, 1.807) is 0 Å². The molecule has 2 heteroatoms. The van der Waals surface area contributed by atoms with Crippen LogP contribution in [0.2, 0.25) is 0 Å². The summed E-state index contributed by atoms with van der Waals surface area (Å²) in [6, 6.07) is 9.99. The monoisotopic (exact) mass is 240 g/mol. The molecule has 0 radical (unpaired) electrons. The van der Waals surface area contributed by atoms with Gasteiger partial charge in [0.25, 0.3) is 0 Å². The molecule has 0 saturated carbocycles. The molecule has 2 aliphatic rings. The smallest absolute Gasteiger partial charge is 0.0456 e. The summed E-state index contributed by atoms with van der Waals surface area (Å²) in [7, 11) is 0. The first-order valence-electron chi connectivity index (χ1n) is 7.21. The SMILES string of the molecule is c1cc2ccc(C3CCN4CCCC4C3)cc2[nH]1. The van der Waals surface area contributed by atoms with Crippen molar-refractivity contribution in [3.05, 3.63) is 36.0 Å². The van der Waals surface area contributed by atoms with Crippen LogP contribution in [0.25, 0.3) is 10.9 Å². The third kappa shape index (κ3) is 1.67. The predicted molar refractivity (Wildman–Crippen MR) is 74.9 cm³/mol. The fourth-order valence-electron chi connectivity index (χ4n) is 3.85. The quantitative estimate of drug-likeness (QED) is 0.808. The lowest BCUT2D eigenvalue weighted by molar-refractivity contribution is 0.181. The van der Waals surface area contributed by atoms with E-state index in [1.165, 1.54) is 55.2 Å². The minimum atomic E-state index is 0.775. The first-order chi connectivity index (χ1) is 8.90. The van der Waals surface area contributed by atoms with E-state index in [-0.39, 0.29) is 0 Å².